The molecule has 3 aromatic carbocycles. The molecule has 0 heterocycles. The van der Waals surface area contributed by atoms with E-state index in [2.05, 4.69) is 6.07 Å². The molecule has 0 bridgehead atoms. The number of carbonyl (C=O) groups is 2. The molecule has 0 amide bonds. The van der Waals surface area contributed by atoms with Gasteiger partial charge in [-0.3, -0.25) is 0 Å². The number of rotatable bonds is 4. The lowest BCUT2D eigenvalue weighted by atomic mass is 10.1. The summed E-state index contributed by atoms with van der Waals surface area (Å²) in [6.07, 6.45) is 0. The maximum Gasteiger partial charge on any atom is 0.343 e. The zero-order valence-corrected chi connectivity index (χ0v) is 14.5. The largest absolute Gasteiger partial charge is 0.419 e. The van der Waals surface area contributed by atoms with Crippen molar-refractivity contribution in [3.63, 3.8) is 0 Å². The van der Waals surface area contributed by atoms with E-state index in [1.54, 1.807) is 30.3 Å². The van der Waals surface area contributed by atoms with Crippen molar-refractivity contribution in [3.8, 4) is 11.5 Å². The number of ether oxygens (including phenoxy) is 2. The highest BCUT2D eigenvalue weighted by atomic mass is 16.6. The summed E-state index contributed by atoms with van der Waals surface area (Å²) >= 11 is 0. The van der Waals surface area contributed by atoms with Crippen molar-refractivity contribution in [2.75, 3.05) is 0 Å². The number of hydrogen-bond acceptors (Lipinski definition) is 4. The van der Waals surface area contributed by atoms with Crippen LogP contribution in [-0.4, -0.2) is 11.9 Å². The molecule has 3 rings (SSSR count). The minimum atomic E-state index is -0.530. The predicted octanol–water partition coefficient (Wildman–Crippen LogP) is 4.54. The standard InChI is InChI=1S/C22H17O4/c1-15-7-11-17(12-8-15)21(23)25-19-5-3-4-6-20(19)26-22(24)18-13-9-16(2)10-14-18/h3,5-14H,1-2H3. The first-order chi connectivity index (χ1) is 12.5. The molecule has 0 N–H and O–H groups in total. The van der Waals surface area contributed by atoms with Crippen LogP contribution in [0, 0.1) is 19.9 Å². The SMILES string of the molecule is Cc1ccc(C(=O)Oc2c[c]ccc2OC(=O)c2ccc(C)cc2)cc1. The maximum atomic E-state index is 12.3. The van der Waals surface area contributed by atoms with E-state index in [-0.39, 0.29) is 11.5 Å². The Kier molecular flexibility index (Phi) is 5.13. The first-order valence-corrected chi connectivity index (χ1v) is 8.11. The second-order valence-corrected chi connectivity index (χ2v) is 5.88. The fourth-order valence-corrected chi connectivity index (χ4v) is 2.26. The summed E-state index contributed by atoms with van der Waals surface area (Å²) in [5, 5.41) is 0. The van der Waals surface area contributed by atoms with Crippen LogP contribution in [0.5, 0.6) is 11.5 Å². The fourth-order valence-electron chi connectivity index (χ4n) is 2.26. The van der Waals surface area contributed by atoms with E-state index in [0.29, 0.717) is 11.1 Å². The molecule has 4 nitrogen and oxygen atoms in total. The molecule has 0 saturated heterocycles. The van der Waals surface area contributed by atoms with E-state index < -0.39 is 11.9 Å². The summed E-state index contributed by atoms with van der Waals surface area (Å²) in [4.78, 5) is 24.6. The van der Waals surface area contributed by atoms with E-state index in [0.717, 1.165) is 11.1 Å². The van der Waals surface area contributed by atoms with Gasteiger partial charge in [0.25, 0.3) is 0 Å². The second kappa shape index (κ2) is 7.66. The van der Waals surface area contributed by atoms with Gasteiger partial charge in [-0.1, -0.05) is 41.5 Å². The molecular formula is C22H17O4. The average molecular weight is 345 g/mol. The molecule has 3 aromatic rings. The lowest BCUT2D eigenvalue weighted by Crippen LogP contribution is -2.12. The third kappa shape index (κ3) is 4.16. The zero-order chi connectivity index (χ0) is 18.5. The van der Waals surface area contributed by atoms with Crippen LogP contribution in [0.2, 0.25) is 0 Å². The van der Waals surface area contributed by atoms with Gasteiger partial charge in [0.2, 0.25) is 0 Å². The molecule has 129 valence electrons. The van der Waals surface area contributed by atoms with Crippen molar-refractivity contribution in [3.05, 3.63) is 95.1 Å². The van der Waals surface area contributed by atoms with Gasteiger partial charge in [0, 0.05) is 0 Å². The van der Waals surface area contributed by atoms with Gasteiger partial charge in [-0.25, -0.2) is 9.59 Å². The Bertz CT molecular complexity index is 847. The molecule has 0 spiro atoms. The highest BCUT2D eigenvalue weighted by Crippen LogP contribution is 2.28. The van der Waals surface area contributed by atoms with E-state index in [1.165, 1.54) is 12.1 Å². The molecule has 26 heavy (non-hydrogen) atoms. The smallest absolute Gasteiger partial charge is 0.343 e. The zero-order valence-electron chi connectivity index (χ0n) is 14.5. The normalized spacial score (nSPS) is 10.2. The Morgan fingerprint density at radius 1 is 0.692 bits per heavy atom. The van der Waals surface area contributed by atoms with Gasteiger partial charge in [0.05, 0.1) is 11.1 Å². The Hall–Kier alpha value is -3.40. The number of hydrogen-bond donors (Lipinski definition) is 0. The Morgan fingerprint density at radius 3 is 1.65 bits per heavy atom. The second-order valence-electron chi connectivity index (χ2n) is 5.88. The number of esters is 2. The Labute approximate surface area is 152 Å². The summed E-state index contributed by atoms with van der Waals surface area (Å²) in [5.74, 6) is -0.755. The molecule has 0 aliphatic carbocycles. The molecule has 0 aromatic heterocycles. The molecule has 0 atom stereocenters. The van der Waals surface area contributed by atoms with Gasteiger partial charge < -0.3 is 9.47 Å². The van der Waals surface area contributed by atoms with Gasteiger partial charge in [-0.15, -0.1) is 0 Å². The molecule has 1 radical (unpaired) electrons. The summed E-state index contributed by atoms with van der Waals surface area (Å²) < 4.78 is 10.8. The highest BCUT2D eigenvalue weighted by Gasteiger charge is 2.15. The van der Waals surface area contributed by atoms with Gasteiger partial charge in [-0.05, 0) is 56.3 Å². The molecule has 0 saturated carbocycles. The Balaban J connectivity index is 1.77. The first-order valence-electron chi connectivity index (χ1n) is 8.11. The van der Waals surface area contributed by atoms with E-state index in [1.807, 2.05) is 38.1 Å². The summed E-state index contributed by atoms with van der Waals surface area (Å²) in [6, 6.07) is 21.4. The van der Waals surface area contributed by atoms with Crippen LogP contribution in [-0.2, 0) is 0 Å². The molecule has 0 aliphatic rings. The van der Waals surface area contributed by atoms with Gasteiger partial charge in [-0.2, -0.15) is 0 Å². The third-order valence-electron chi connectivity index (χ3n) is 3.77. The fraction of sp³-hybridized carbons (Fsp3) is 0.0909. The van der Waals surface area contributed by atoms with Crippen LogP contribution in [0.3, 0.4) is 0 Å². The lowest BCUT2D eigenvalue weighted by Gasteiger charge is -2.10. The van der Waals surface area contributed by atoms with Crippen LogP contribution < -0.4 is 9.47 Å². The molecule has 0 fully saturated rings. The molecular weight excluding hydrogens is 328 g/mol. The monoisotopic (exact) mass is 345 g/mol. The predicted molar refractivity (Wildman–Crippen MR) is 97.6 cm³/mol. The van der Waals surface area contributed by atoms with Crippen molar-refractivity contribution >= 4 is 11.9 Å². The van der Waals surface area contributed by atoms with Crippen LogP contribution in [0.25, 0.3) is 0 Å². The summed E-state index contributed by atoms with van der Waals surface area (Å²) in [5.41, 5.74) is 2.92. The van der Waals surface area contributed by atoms with E-state index in [4.69, 9.17) is 9.47 Å². The Morgan fingerprint density at radius 2 is 1.15 bits per heavy atom. The number of carbonyl (C=O) groups excluding carboxylic acids is 2. The van der Waals surface area contributed by atoms with Crippen molar-refractivity contribution in [1.82, 2.24) is 0 Å². The van der Waals surface area contributed by atoms with Crippen LogP contribution >= 0.6 is 0 Å². The maximum absolute atomic E-state index is 12.3. The molecule has 0 aliphatic heterocycles. The van der Waals surface area contributed by atoms with Crippen molar-refractivity contribution in [1.29, 1.82) is 0 Å². The number of aryl methyl sites for hydroxylation is 2. The molecule has 0 unspecified atom stereocenters. The van der Waals surface area contributed by atoms with Crippen LogP contribution in [0.4, 0.5) is 0 Å². The van der Waals surface area contributed by atoms with Crippen LogP contribution in [0.15, 0.2) is 66.7 Å². The van der Waals surface area contributed by atoms with Crippen molar-refractivity contribution in [2.24, 2.45) is 0 Å². The minimum Gasteiger partial charge on any atom is -0.419 e. The minimum absolute atomic E-state index is 0.138. The quantitative estimate of drug-likeness (QED) is 0.514. The summed E-state index contributed by atoms with van der Waals surface area (Å²) in [6.45, 7) is 3.87. The van der Waals surface area contributed by atoms with Crippen molar-refractivity contribution < 1.29 is 19.1 Å². The van der Waals surface area contributed by atoms with Crippen molar-refractivity contribution in [2.45, 2.75) is 13.8 Å². The average Bonchev–Trinajstić information content (AvgIpc) is 2.64. The van der Waals surface area contributed by atoms with Gasteiger partial charge in [0.15, 0.2) is 11.5 Å². The summed E-state index contributed by atoms with van der Waals surface area (Å²) in [7, 11) is 0. The highest BCUT2D eigenvalue weighted by molar-refractivity contribution is 5.93. The lowest BCUT2D eigenvalue weighted by molar-refractivity contribution is 0.0682. The van der Waals surface area contributed by atoms with E-state index >= 15 is 0 Å². The number of benzene rings is 3. The first kappa shape index (κ1) is 17.4. The molecule has 4 heteroatoms. The van der Waals surface area contributed by atoms with Crippen LogP contribution in [0.1, 0.15) is 31.8 Å². The van der Waals surface area contributed by atoms with Gasteiger partial charge in [0.1, 0.15) is 0 Å². The topological polar surface area (TPSA) is 52.6 Å². The van der Waals surface area contributed by atoms with E-state index in [9.17, 15) is 9.59 Å². The van der Waals surface area contributed by atoms with Gasteiger partial charge >= 0.3 is 11.9 Å². The third-order valence-corrected chi connectivity index (χ3v) is 3.77.